The molecule has 0 aliphatic carbocycles. The smallest absolute Gasteiger partial charge is 0.263 e. The molecule has 2 aromatic rings. The SMILES string of the molecule is O=S(=O)(Nc1ccc(Cl)cn1)c1ccc(I)cc1. The molecule has 4 nitrogen and oxygen atoms in total. The van der Waals surface area contributed by atoms with Gasteiger partial charge in [0.25, 0.3) is 10.0 Å². The Hall–Kier alpha value is -0.860. The Morgan fingerprint density at radius 3 is 2.33 bits per heavy atom. The molecule has 0 amide bonds. The van der Waals surface area contributed by atoms with E-state index in [0.717, 1.165) is 3.57 Å². The first kappa shape index (κ1) is 13.6. The largest absolute Gasteiger partial charge is 0.263 e. The Morgan fingerprint density at radius 2 is 1.78 bits per heavy atom. The summed E-state index contributed by atoms with van der Waals surface area (Å²) in [5, 5.41) is 0.451. The summed E-state index contributed by atoms with van der Waals surface area (Å²) >= 11 is 7.79. The van der Waals surface area contributed by atoms with E-state index in [9.17, 15) is 8.42 Å². The van der Waals surface area contributed by atoms with Crippen LogP contribution in [0.3, 0.4) is 0 Å². The van der Waals surface area contributed by atoms with Gasteiger partial charge in [-0.05, 0) is 59.0 Å². The van der Waals surface area contributed by atoms with Crippen molar-refractivity contribution in [3.05, 3.63) is 51.2 Å². The van der Waals surface area contributed by atoms with Gasteiger partial charge in [0.05, 0.1) is 9.92 Å². The van der Waals surface area contributed by atoms with Crippen molar-refractivity contribution in [3.8, 4) is 0 Å². The first-order valence-corrected chi connectivity index (χ1v) is 7.81. The van der Waals surface area contributed by atoms with Crippen molar-refractivity contribution in [1.82, 2.24) is 4.98 Å². The summed E-state index contributed by atoms with van der Waals surface area (Å²) in [6.07, 6.45) is 1.38. The molecule has 94 valence electrons. The van der Waals surface area contributed by atoms with Crippen LogP contribution >= 0.6 is 34.2 Å². The summed E-state index contributed by atoms with van der Waals surface area (Å²) in [6, 6.07) is 9.61. The van der Waals surface area contributed by atoms with Crippen molar-refractivity contribution >= 4 is 50.0 Å². The van der Waals surface area contributed by atoms with Gasteiger partial charge in [-0.2, -0.15) is 0 Å². The summed E-state index contributed by atoms with van der Waals surface area (Å²) in [7, 11) is -3.60. The molecule has 0 fully saturated rings. The molecular formula is C11H8ClIN2O2S. The molecule has 1 aromatic heterocycles. The average molecular weight is 395 g/mol. The minimum atomic E-state index is -3.60. The van der Waals surface area contributed by atoms with Gasteiger partial charge in [0.1, 0.15) is 5.82 Å². The minimum Gasteiger partial charge on any atom is -0.263 e. The maximum atomic E-state index is 12.0. The van der Waals surface area contributed by atoms with Crippen LogP contribution in [0.15, 0.2) is 47.5 Å². The first-order chi connectivity index (χ1) is 8.47. The quantitative estimate of drug-likeness (QED) is 0.814. The number of halogens is 2. The topological polar surface area (TPSA) is 59.1 Å². The fourth-order valence-corrected chi connectivity index (χ4v) is 2.73. The maximum Gasteiger partial charge on any atom is 0.263 e. The number of sulfonamides is 1. The van der Waals surface area contributed by atoms with Gasteiger partial charge in [-0.15, -0.1) is 0 Å². The number of hydrogen-bond acceptors (Lipinski definition) is 3. The van der Waals surface area contributed by atoms with Gasteiger partial charge >= 0.3 is 0 Å². The van der Waals surface area contributed by atoms with E-state index in [1.54, 1.807) is 30.3 Å². The summed E-state index contributed by atoms with van der Waals surface area (Å²) < 4.78 is 27.4. The lowest BCUT2D eigenvalue weighted by Crippen LogP contribution is -2.13. The third-order valence-corrected chi connectivity index (χ3v) is 4.40. The van der Waals surface area contributed by atoms with Gasteiger partial charge in [-0.25, -0.2) is 13.4 Å². The van der Waals surface area contributed by atoms with Gasteiger partial charge in [0.15, 0.2) is 0 Å². The number of anilines is 1. The molecule has 18 heavy (non-hydrogen) atoms. The molecule has 7 heteroatoms. The van der Waals surface area contributed by atoms with Gasteiger partial charge in [-0.1, -0.05) is 11.6 Å². The number of hydrogen-bond donors (Lipinski definition) is 1. The molecule has 0 aliphatic heterocycles. The van der Waals surface area contributed by atoms with E-state index in [0.29, 0.717) is 5.02 Å². The predicted molar refractivity (Wildman–Crippen MR) is 79.2 cm³/mol. The number of nitrogens with zero attached hydrogens (tertiary/aromatic N) is 1. The van der Waals surface area contributed by atoms with E-state index < -0.39 is 10.0 Å². The number of pyridine rings is 1. The van der Waals surface area contributed by atoms with Crippen LogP contribution in [-0.4, -0.2) is 13.4 Å². The minimum absolute atomic E-state index is 0.194. The molecule has 0 spiro atoms. The molecular weight excluding hydrogens is 387 g/mol. The highest BCUT2D eigenvalue weighted by molar-refractivity contribution is 14.1. The zero-order valence-electron chi connectivity index (χ0n) is 8.97. The summed E-state index contributed by atoms with van der Waals surface area (Å²) in [6.45, 7) is 0. The highest BCUT2D eigenvalue weighted by Crippen LogP contribution is 2.17. The molecule has 1 heterocycles. The van der Waals surface area contributed by atoms with Gasteiger partial charge in [0.2, 0.25) is 0 Å². The van der Waals surface area contributed by atoms with Crippen molar-refractivity contribution in [2.45, 2.75) is 4.90 Å². The van der Waals surface area contributed by atoms with Crippen molar-refractivity contribution in [2.24, 2.45) is 0 Å². The Balaban J connectivity index is 2.27. The van der Waals surface area contributed by atoms with E-state index >= 15 is 0 Å². The monoisotopic (exact) mass is 394 g/mol. The van der Waals surface area contributed by atoms with E-state index in [1.165, 1.54) is 12.3 Å². The number of benzene rings is 1. The Bertz CT molecular complexity index is 642. The highest BCUT2D eigenvalue weighted by atomic mass is 127. The molecule has 2 rings (SSSR count). The lowest BCUT2D eigenvalue weighted by Gasteiger charge is -2.07. The molecule has 0 unspecified atom stereocenters. The fourth-order valence-electron chi connectivity index (χ4n) is 1.25. The molecule has 0 saturated carbocycles. The Labute approximate surface area is 124 Å². The van der Waals surface area contributed by atoms with Crippen LogP contribution in [0.25, 0.3) is 0 Å². The average Bonchev–Trinajstić information content (AvgIpc) is 2.32. The first-order valence-electron chi connectivity index (χ1n) is 4.87. The van der Waals surface area contributed by atoms with Crippen molar-refractivity contribution in [2.75, 3.05) is 4.72 Å². The van der Waals surface area contributed by atoms with Crippen molar-refractivity contribution < 1.29 is 8.42 Å². The lowest BCUT2D eigenvalue weighted by molar-refractivity contribution is 0.601. The Morgan fingerprint density at radius 1 is 1.11 bits per heavy atom. The van der Waals surface area contributed by atoms with E-state index in [-0.39, 0.29) is 10.7 Å². The van der Waals surface area contributed by atoms with E-state index in [2.05, 4.69) is 32.3 Å². The molecule has 1 N–H and O–H groups in total. The third-order valence-electron chi connectivity index (χ3n) is 2.09. The van der Waals surface area contributed by atoms with Crippen LogP contribution in [0, 0.1) is 3.57 Å². The summed E-state index contributed by atoms with van der Waals surface area (Å²) in [5.74, 6) is 0.234. The standard InChI is InChI=1S/C11H8ClIN2O2S/c12-8-1-6-11(14-7-8)15-18(16,17)10-4-2-9(13)3-5-10/h1-7H,(H,14,15). The zero-order valence-corrected chi connectivity index (χ0v) is 12.7. The second kappa shape index (κ2) is 5.41. The van der Waals surface area contributed by atoms with Crippen LogP contribution in [0.4, 0.5) is 5.82 Å². The van der Waals surface area contributed by atoms with E-state index in [1.807, 2.05) is 0 Å². The van der Waals surface area contributed by atoms with Crippen molar-refractivity contribution in [3.63, 3.8) is 0 Å². The summed E-state index contributed by atoms with van der Waals surface area (Å²) in [5.41, 5.74) is 0. The molecule has 0 bridgehead atoms. The predicted octanol–water partition coefficient (Wildman–Crippen LogP) is 3.14. The second-order valence-corrected chi connectivity index (χ2v) is 6.79. The van der Waals surface area contributed by atoms with Crippen molar-refractivity contribution in [1.29, 1.82) is 0 Å². The van der Waals surface area contributed by atoms with Crippen LogP contribution in [0.1, 0.15) is 0 Å². The molecule has 1 aromatic carbocycles. The third kappa shape index (κ3) is 3.33. The number of nitrogens with one attached hydrogen (secondary N) is 1. The van der Waals surface area contributed by atoms with Gasteiger partial charge < -0.3 is 0 Å². The summed E-state index contributed by atoms with van der Waals surface area (Å²) in [4.78, 5) is 4.08. The maximum absolute atomic E-state index is 12.0. The van der Waals surface area contributed by atoms with Crippen LogP contribution in [0.5, 0.6) is 0 Å². The Kier molecular flexibility index (Phi) is 4.08. The molecule has 0 atom stereocenters. The van der Waals surface area contributed by atoms with Gasteiger partial charge in [-0.3, -0.25) is 4.72 Å². The number of rotatable bonds is 3. The van der Waals surface area contributed by atoms with Crippen LogP contribution in [-0.2, 0) is 10.0 Å². The highest BCUT2D eigenvalue weighted by Gasteiger charge is 2.14. The molecule has 0 radical (unpaired) electrons. The van der Waals surface area contributed by atoms with Gasteiger partial charge in [0, 0.05) is 9.77 Å². The molecule has 0 saturated heterocycles. The number of aromatic nitrogens is 1. The molecule has 0 aliphatic rings. The zero-order chi connectivity index (χ0) is 13.2. The second-order valence-electron chi connectivity index (χ2n) is 3.42. The fraction of sp³-hybridized carbons (Fsp3) is 0. The van der Waals surface area contributed by atoms with Crippen LogP contribution in [0.2, 0.25) is 5.02 Å². The van der Waals surface area contributed by atoms with Crippen LogP contribution < -0.4 is 4.72 Å². The normalized spacial score (nSPS) is 11.2. The van der Waals surface area contributed by atoms with E-state index in [4.69, 9.17) is 11.6 Å². The lowest BCUT2D eigenvalue weighted by atomic mass is 10.4.